The number of nitrogens with two attached hydrogens (primary N) is 1. The van der Waals surface area contributed by atoms with Crippen LogP contribution in [0.15, 0.2) is 6.20 Å². The summed E-state index contributed by atoms with van der Waals surface area (Å²) in [4.78, 5) is 0. The molecule has 4 nitrogen and oxygen atoms in total. The standard InChI is InChI=1S/C9H14ClN3O/c1-14-7-2-6(3-7)4-13-5-8(10)9(11)12-13/h5-7H,2-4H2,1H3,(H2,11,12). The number of anilines is 1. The quantitative estimate of drug-likeness (QED) is 0.832. The summed E-state index contributed by atoms with van der Waals surface area (Å²) in [6, 6.07) is 0. The molecule has 1 fully saturated rings. The van der Waals surface area contributed by atoms with Gasteiger partial charge in [-0.2, -0.15) is 5.10 Å². The molecule has 2 N–H and O–H groups in total. The van der Waals surface area contributed by atoms with Gasteiger partial charge in [0, 0.05) is 19.9 Å². The Hall–Kier alpha value is -0.740. The van der Waals surface area contributed by atoms with E-state index in [1.165, 1.54) is 0 Å². The van der Waals surface area contributed by atoms with Crippen LogP contribution in [-0.2, 0) is 11.3 Å². The summed E-state index contributed by atoms with van der Waals surface area (Å²) < 4.78 is 7.02. The van der Waals surface area contributed by atoms with Crippen LogP contribution in [0.3, 0.4) is 0 Å². The van der Waals surface area contributed by atoms with E-state index in [2.05, 4.69) is 5.10 Å². The van der Waals surface area contributed by atoms with Gasteiger partial charge in [0.2, 0.25) is 0 Å². The molecule has 78 valence electrons. The van der Waals surface area contributed by atoms with Crippen molar-refractivity contribution in [1.29, 1.82) is 0 Å². The van der Waals surface area contributed by atoms with Crippen LogP contribution in [0.1, 0.15) is 12.8 Å². The van der Waals surface area contributed by atoms with E-state index >= 15 is 0 Å². The number of hydrogen-bond acceptors (Lipinski definition) is 3. The van der Waals surface area contributed by atoms with Crippen LogP contribution >= 0.6 is 11.6 Å². The monoisotopic (exact) mass is 215 g/mol. The Morgan fingerprint density at radius 1 is 1.71 bits per heavy atom. The fourth-order valence-electron chi connectivity index (χ4n) is 1.79. The van der Waals surface area contributed by atoms with Gasteiger partial charge >= 0.3 is 0 Å². The van der Waals surface area contributed by atoms with Crippen LogP contribution in [0, 0.1) is 5.92 Å². The second-order valence-corrected chi connectivity index (χ2v) is 4.19. The van der Waals surface area contributed by atoms with Crippen molar-refractivity contribution in [3.05, 3.63) is 11.2 Å². The third-order valence-electron chi connectivity index (χ3n) is 2.71. The lowest BCUT2D eigenvalue weighted by Crippen LogP contribution is -2.33. The fraction of sp³-hybridized carbons (Fsp3) is 0.667. The van der Waals surface area contributed by atoms with Crippen LogP contribution in [0.25, 0.3) is 0 Å². The minimum absolute atomic E-state index is 0.411. The van der Waals surface area contributed by atoms with Crippen molar-refractivity contribution in [3.8, 4) is 0 Å². The molecule has 0 unspecified atom stereocenters. The molecule has 1 saturated carbocycles. The van der Waals surface area contributed by atoms with Gasteiger partial charge in [-0.15, -0.1) is 0 Å². The molecule has 1 aliphatic carbocycles. The number of nitrogen functional groups attached to an aromatic ring is 1. The maximum Gasteiger partial charge on any atom is 0.164 e. The van der Waals surface area contributed by atoms with Crippen molar-refractivity contribution in [1.82, 2.24) is 9.78 Å². The fourth-order valence-corrected chi connectivity index (χ4v) is 1.94. The Morgan fingerprint density at radius 3 is 2.93 bits per heavy atom. The van der Waals surface area contributed by atoms with Crippen molar-refractivity contribution in [2.75, 3.05) is 12.8 Å². The van der Waals surface area contributed by atoms with Crippen molar-refractivity contribution in [2.24, 2.45) is 5.92 Å². The molecule has 0 saturated heterocycles. The molecule has 0 spiro atoms. The maximum absolute atomic E-state index is 5.80. The molecule has 0 radical (unpaired) electrons. The van der Waals surface area contributed by atoms with Gasteiger partial charge in [0.15, 0.2) is 5.82 Å². The average Bonchev–Trinajstić information content (AvgIpc) is 2.38. The molecule has 1 aromatic rings. The van der Waals surface area contributed by atoms with Gasteiger partial charge in [-0.1, -0.05) is 11.6 Å². The minimum atomic E-state index is 0.411. The molecular weight excluding hydrogens is 202 g/mol. The molecule has 0 atom stereocenters. The smallest absolute Gasteiger partial charge is 0.164 e. The number of methoxy groups -OCH3 is 1. The van der Waals surface area contributed by atoms with E-state index in [0.29, 0.717) is 22.9 Å². The summed E-state index contributed by atoms with van der Waals surface area (Å²) in [6.45, 7) is 0.886. The number of halogens is 1. The van der Waals surface area contributed by atoms with Crippen molar-refractivity contribution in [2.45, 2.75) is 25.5 Å². The summed E-state index contributed by atoms with van der Waals surface area (Å²) in [5, 5.41) is 4.64. The van der Waals surface area contributed by atoms with Gasteiger partial charge in [0.05, 0.1) is 6.10 Å². The molecule has 5 heteroatoms. The van der Waals surface area contributed by atoms with Crippen LogP contribution < -0.4 is 5.73 Å². The summed E-state index contributed by atoms with van der Waals surface area (Å²) in [5.41, 5.74) is 5.54. The zero-order valence-corrected chi connectivity index (χ0v) is 8.87. The third kappa shape index (κ3) is 1.86. The van der Waals surface area contributed by atoms with Gasteiger partial charge in [-0.3, -0.25) is 4.68 Å². The number of nitrogens with zero attached hydrogens (tertiary/aromatic N) is 2. The van der Waals surface area contributed by atoms with E-state index in [9.17, 15) is 0 Å². The van der Waals surface area contributed by atoms with Gasteiger partial charge in [-0.05, 0) is 18.8 Å². The van der Waals surface area contributed by atoms with Crippen LogP contribution in [-0.4, -0.2) is 23.0 Å². The molecule has 0 aromatic carbocycles. The van der Waals surface area contributed by atoms with Gasteiger partial charge in [-0.25, -0.2) is 0 Å². The zero-order valence-electron chi connectivity index (χ0n) is 8.11. The molecule has 0 aliphatic heterocycles. The van der Waals surface area contributed by atoms with E-state index < -0.39 is 0 Å². The average molecular weight is 216 g/mol. The Morgan fingerprint density at radius 2 is 2.43 bits per heavy atom. The first-order valence-electron chi connectivity index (χ1n) is 4.70. The SMILES string of the molecule is COC1CC(Cn2cc(Cl)c(N)n2)C1. The first-order chi connectivity index (χ1) is 6.69. The lowest BCUT2D eigenvalue weighted by Gasteiger charge is -2.33. The number of hydrogen-bond donors (Lipinski definition) is 1. The predicted octanol–water partition coefficient (Wildman–Crippen LogP) is 1.54. The molecule has 0 amide bonds. The number of aromatic nitrogens is 2. The van der Waals surface area contributed by atoms with Crippen LogP contribution in [0.4, 0.5) is 5.82 Å². The summed E-state index contributed by atoms with van der Waals surface area (Å²) >= 11 is 5.80. The molecule has 2 rings (SSSR count). The molecule has 1 aromatic heterocycles. The largest absolute Gasteiger partial charge is 0.381 e. The lowest BCUT2D eigenvalue weighted by atomic mass is 9.82. The Labute approximate surface area is 88.0 Å². The molecular formula is C9H14ClN3O. The highest BCUT2D eigenvalue weighted by Gasteiger charge is 2.29. The summed E-state index contributed by atoms with van der Waals surface area (Å²) in [5.74, 6) is 1.06. The highest BCUT2D eigenvalue weighted by Crippen LogP contribution is 2.31. The first-order valence-corrected chi connectivity index (χ1v) is 5.08. The summed E-state index contributed by atoms with van der Waals surface area (Å²) in [6.07, 6.45) is 4.42. The highest BCUT2D eigenvalue weighted by molar-refractivity contribution is 6.32. The normalized spacial score (nSPS) is 26.1. The van der Waals surface area contributed by atoms with Crippen LogP contribution in [0.5, 0.6) is 0 Å². The number of ether oxygens (including phenoxy) is 1. The van der Waals surface area contributed by atoms with Crippen molar-refractivity contribution >= 4 is 17.4 Å². The Balaban J connectivity index is 1.87. The third-order valence-corrected chi connectivity index (χ3v) is 3.01. The Bertz CT molecular complexity index is 300. The van der Waals surface area contributed by atoms with Gasteiger partial charge in [0.1, 0.15) is 5.02 Å². The van der Waals surface area contributed by atoms with E-state index in [1.807, 2.05) is 4.68 Å². The molecule has 1 heterocycles. The minimum Gasteiger partial charge on any atom is -0.381 e. The second kappa shape index (κ2) is 3.79. The molecule has 0 bridgehead atoms. The van der Waals surface area contributed by atoms with Crippen molar-refractivity contribution < 1.29 is 4.74 Å². The van der Waals surface area contributed by atoms with E-state index in [1.54, 1.807) is 13.3 Å². The second-order valence-electron chi connectivity index (χ2n) is 3.78. The van der Waals surface area contributed by atoms with Gasteiger partial charge in [0.25, 0.3) is 0 Å². The van der Waals surface area contributed by atoms with Gasteiger partial charge < -0.3 is 10.5 Å². The number of rotatable bonds is 3. The predicted molar refractivity (Wildman–Crippen MR) is 55.2 cm³/mol. The summed E-state index contributed by atoms with van der Waals surface area (Å²) in [7, 11) is 1.75. The van der Waals surface area contributed by atoms with E-state index in [4.69, 9.17) is 22.1 Å². The highest BCUT2D eigenvalue weighted by atomic mass is 35.5. The first kappa shape index (κ1) is 9.80. The topological polar surface area (TPSA) is 53.1 Å². The maximum atomic E-state index is 5.80. The van der Waals surface area contributed by atoms with E-state index in [-0.39, 0.29) is 0 Å². The van der Waals surface area contributed by atoms with E-state index in [0.717, 1.165) is 19.4 Å². The Kier molecular flexibility index (Phi) is 2.65. The lowest BCUT2D eigenvalue weighted by molar-refractivity contribution is -0.00543. The molecule has 1 aliphatic rings. The zero-order chi connectivity index (χ0) is 10.1. The van der Waals surface area contributed by atoms with Crippen molar-refractivity contribution in [3.63, 3.8) is 0 Å². The molecule has 14 heavy (non-hydrogen) atoms. The van der Waals surface area contributed by atoms with Crippen LogP contribution in [0.2, 0.25) is 5.02 Å².